The van der Waals surface area contributed by atoms with E-state index in [2.05, 4.69) is 15.6 Å². The lowest BCUT2D eigenvalue weighted by Gasteiger charge is -2.32. The van der Waals surface area contributed by atoms with Crippen LogP contribution in [0.3, 0.4) is 0 Å². The van der Waals surface area contributed by atoms with Crippen molar-refractivity contribution in [1.29, 1.82) is 0 Å². The van der Waals surface area contributed by atoms with E-state index < -0.39 is 35.7 Å². The lowest BCUT2D eigenvalue weighted by atomic mass is 9.96. The van der Waals surface area contributed by atoms with Gasteiger partial charge in [0.15, 0.2) is 0 Å². The number of hydrogen-bond acceptors (Lipinski definition) is 5. The maximum absolute atomic E-state index is 12.7. The summed E-state index contributed by atoms with van der Waals surface area (Å²) in [6.45, 7) is 0.430. The zero-order valence-corrected chi connectivity index (χ0v) is 19.9. The zero-order valence-electron chi connectivity index (χ0n) is 19.9. The van der Waals surface area contributed by atoms with Crippen molar-refractivity contribution in [1.82, 2.24) is 10.3 Å². The molecule has 1 aliphatic carbocycles. The average molecular weight is 571 g/mol. The fourth-order valence-electron chi connectivity index (χ4n) is 3.70. The molecule has 1 aliphatic rings. The summed E-state index contributed by atoms with van der Waals surface area (Å²) >= 11 is 0. The molecule has 1 amide bonds. The van der Waals surface area contributed by atoms with Crippen LogP contribution < -0.4 is 10.6 Å². The first-order valence-corrected chi connectivity index (χ1v) is 11.3. The molecule has 15 heteroatoms. The number of carbonyl (C=O) groups excluding carboxylic acids is 3. The predicted octanol–water partition coefficient (Wildman–Crippen LogP) is 5.43. The van der Waals surface area contributed by atoms with Crippen LogP contribution in [-0.2, 0) is 27.0 Å². The van der Waals surface area contributed by atoms with Crippen molar-refractivity contribution in [2.45, 2.75) is 56.2 Å². The van der Waals surface area contributed by atoms with Gasteiger partial charge in [0.25, 0.3) is 0 Å². The summed E-state index contributed by atoms with van der Waals surface area (Å²) in [6, 6.07) is 10.5. The molecule has 1 fully saturated rings. The number of amides is 1. The smallest absolute Gasteiger partial charge is 0.378 e. The van der Waals surface area contributed by atoms with E-state index in [0.29, 0.717) is 17.9 Å². The lowest BCUT2D eigenvalue weighted by Crippen LogP contribution is -2.47. The number of aromatic nitrogens is 1. The molecule has 2 N–H and O–H groups in total. The topological polar surface area (TPSA) is 88.2 Å². The number of benzene rings is 1. The van der Waals surface area contributed by atoms with Crippen LogP contribution in [0, 0.1) is 0 Å². The van der Waals surface area contributed by atoms with Gasteiger partial charge in [-0.05, 0) is 49.2 Å². The van der Waals surface area contributed by atoms with Gasteiger partial charge in [-0.1, -0.05) is 18.9 Å². The normalized spacial score (nSPS) is 15.1. The average Bonchev–Trinajstić information content (AvgIpc) is 3.30. The third-order valence-electron chi connectivity index (χ3n) is 5.60. The van der Waals surface area contributed by atoms with Crippen LogP contribution >= 0.6 is 0 Å². The van der Waals surface area contributed by atoms with Gasteiger partial charge in [0.1, 0.15) is 0 Å². The third-order valence-corrected chi connectivity index (χ3v) is 5.60. The Bertz CT molecular complexity index is 1100. The second-order valence-corrected chi connectivity index (χ2v) is 8.62. The summed E-state index contributed by atoms with van der Waals surface area (Å²) in [4.78, 5) is 35.6. The van der Waals surface area contributed by atoms with Crippen molar-refractivity contribution in [2.24, 2.45) is 0 Å². The maximum atomic E-state index is 12.7. The number of ketones is 2. The molecule has 0 spiro atoms. The summed E-state index contributed by atoms with van der Waals surface area (Å²) < 4.78 is 105. The quantitative estimate of drug-likeness (QED) is 0.342. The molecule has 0 radical (unpaired) electrons. The standard InChI is InChI=1S/C20H22F3N3O.C4F6O2/c21-20(22,23)15-6-8-16(9-7-15)26-19(10-2-3-11-19)14-25-18(27)13-17-5-1-4-12-24-17;5-3(6,7)1(11)2(12)4(8,9)10/h1,4-9,12,26H,2-3,10-11,13-14H2,(H,25,27);. The van der Waals surface area contributed by atoms with Gasteiger partial charge in [0, 0.05) is 24.1 Å². The number of halogens is 9. The molecule has 1 heterocycles. The zero-order chi connectivity index (χ0) is 29.5. The van der Waals surface area contributed by atoms with E-state index in [1.165, 1.54) is 12.1 Å². The van der Waals surface area contributed by atoms with Crippen LogP contribution in [0.5, 0.6) is 0 Å². The molecule has 6 nitrogen and oxygen atoms in total. The van der Waals surface area contributed by atoms with Crippen LogP contribution in [-0.4, -0.2) is 46.9 Å². The van der Waals surface area contributed by atoms with Crippen LogP contribution in [0.15, 0.2) is 48.7 Å². The summed E-state index contributed by atoms with van der Waals surface area (Å²) in [5.41, 5.74) is 0.326. The van der Waals surface area contributed by atoms with Crippen molar-refractivity contribution < 1.29 is 53.9 Å². The van der Waals surface area contributed by atoms with Crippen molar-refractivity contribution in [3.05, 3.63) is 59.9 Å². The van der Waals surface area contributed by atoms with Gasteiger partial charge in [-0.2, -0.15) is 39.5 Å². The van der Waals surface area contributed by atoms with Crippen molar-refractivity contribution in [3.8, 4) is 0 Å². The molecule has 0 atom stereocenters. The number of nitrogens with zero attached hydrogens (tertiary/aromatic N) is 1. The molecular formula is C24H22F9N3O3. The van der Waals surface area contributed by atoms with E-state index in [4.69, 9.17) is 0 Å². The first kappa shape index (κ1) is 31.6. The van der Waals surface area contributed by atoms with Crippen molar-refractivity contribution in [3.63, 3.8) is 0 Å². The molecule has 0 aliphatic heterocycles. The Morgan fingerprint density at radius 1 is 0.795 bits per heavy atom. The first-order valence-electron chi connectivity index (χ1n) is 11.3. The van der Waals surface area contributed by atoms with E-state index >= 15 is 0 Å². The van der Waals surface area contributed by atoms with E-state index in [0.717, 1.165) is 37.8 Å². The molecule has 3 rings (SSSR count). The molecule has 214 valence electrons. The minimum atomic E-state index is -5.77. The Balaban J connectivity index is 0.000000377. The number of hydrogen-bond donors (Lipinski definition) is 2. The Hall–Kier alpha value is -3.65. The van der Waals surface area contributed by atoms with Crippen LogP contribution in [0.1, 0.15) is 36.9 Å². The molecule has 1 aromatic carbocycles. The van der Waals surface area contributed by atoms with Crippen LogP contribution in [0.25, 0.3) is 0 Å². The Morgan fingerprint density at radius 2 is 1.33 bits per heavy atom. The fraction of sp³-hybridized carbons (Fsp3) is 0.417. The van der Waals surface area contributed by atoms with Gasteiger partial charge in [0.2, 0.25) is 5.91 Å². The van der Waals surface area contributed by atoms with Gasteiger partial charge in [-0.3, -0.25) is 19.4 Å². The van der Waals surface area contributed by atoms with E-state index in [9.17, 15) is 53.9 Å². The van der Waals surface area contributed by atoms with Gasteiger partial charge in [-0.15, -0.1) is 0 Å². The number of nitrogens with one attached hydrogen (secondary N) is 2. The highest BCUT2D eigenvalue weighted by atomic mass is 19.4. The fourth-order valence-corrected chi connectivity index (χ4v) is 3.70. The van der Waals surface area contributed by atoms with Crippen molar-refractivity contribution in [2.75, 3.05) is 11.9 Å². The monoisotopic (exact) mass is 571 g/mol. The minimum absolute atomic E-state index is 0.116. The van der Waals surface area contributed by atoms with Gasteiger partial charge in [-0.25, -0.2) is 0 Å². The van der Waals surface area contributed by atoms with Crippen LogP contribution in [0.4, 0.5) is 45.2 Å². The lowest BCUT2D eigenvalue weighted by molar-refractivity contribution is -0.193. The Labute approximate surface area is 216 Å². The second-order valence-electron chi connectivity index (χ2n) is 8.62. The highest BCUT2D eigenvalue weighted by Gasteiger charge is 2.54. The second kappa shape index (κ2) is 12.5. The minimum Gasteiger partial charge on any atom is -0.378 e. The van der Waals surface area contributed by atoms with Crippen LogP contribution in [0.2, 0.25) is 0 Å². The number of carbonyl (C=O) groups is 3. The third kappa shape index (κ3) is 9.87. The maximum Gasteiger partial charge on any atom is 0.458 e. The molecule has 2 aromatic rings. The van der Waals surface area contributed by atoms with Gasteiger partial charge < -0.3 is 10.6 Å². The van der Waals surface area contributed by atoms with Gasteiger partial charge >= 0.3 is 30.1 Å². The molecule has 1 aromatic heterocycles. The molecular weight excluding hydrogens is 549 g/mol. The molecule has 0 saturated heterocycles. The highest BCUT2D eigenvalue weighted by Crippen LogP contribution is 2.34. The summed E-state index contributed by atoms with van der Waals surface area (Å²) in [6.07, 6.45) is -10.3. The van der Waals surface area contributed by atoms with E-state index in [1.807, 2.05) is 6.07 Å². The van der Waals surface area contributed by atoms with Crippen molar-refractivity contribution >= 4 is 23.2 Å². The number of pyridine rings is 1. The largest absolute Gasteiger partial charge is 0.458 e. The number of Topliss-reactive ketones (excluding diaryl/α,β-unsaturated/α-hetero) is 2. The van der Waals surface area contributed by atoms with E-state index in [1.54, 1.807) is 18.3 Å². The Morgan fingerprint density at radius 3 is 1.77 bits per heavy atom. The number of rotatable bonds is 7. The molecule has 39 heavy (non-hydrogen) atoms. The SMILES string of the molecule is O=C(C(=O)C(F)(F)F)C(F)(F)F.O=C(Cc1ccccn1)NCC1(Nc2ccc(C(F)(F)F)cc2)CCCC1. The number of anilines is 1. The predicted molar refractivity (Wildman–Crippen MR) is 119 cm³/mol. The molecule has 0 unspecified atom stereocenters. The molecule has 0 bridgehead atoms. The van der Waals surface area contributed by atoms with Gasteiger partial charge in [0.05, 0.1) is 17.5 Å². The Kier molecular flexibility index (Phi) is 10.1. The number of alkyl halides is 9. The summed E-state index contributed by atoms with van der Waals surface area (Å²) in [7, 11) is 0. The summed E-state index contributed by atoms with van der Waals surface area (Å²) in [5.74, 6) is -6.93. The molecule has 1 saturated carbocycles. The first-order chi connectivity index (χ1) is 17.9. The van der Waals surface area contributed by atoms with E-state index in [-0.39, 0.29) is 17.9 Å². The summed E-state index contributed by atoms with van der Waals surface area (Å²) in [5, 5.41) is 6.30. The highest BCUT2D eigenvalue weighted by molar-refractivity contribution is 6.41.